The van der Waals surface area contributed by atoms with Gasteiger partial charge < -0.3 is 15.1 Å². The smallest absolute Gasteiger partial charge is 0.128 e. The third-order valence-electron chi connectivity index (χ3n) is 3.64. The van der Waals surface area contributed by atoms with Crippen LogP contribution < -0.4 is 10.2 Å². The molecule has 1 atom stereocenters. The molecular weight excluding hydrogens is 236 g/mol. The van der Waals surface area contributed by atoms with Gasteiger partial charge >= 0.3 is 0 Å². The maximum absolute atomic E-state index is 4.64. The van der Waals surface area contributed by atoms with Gasteiger partial charge in [-0.1, -0.05) is 13.0 Å². The molecule has 106 valence electrons. The Balaban J connectivity index is 2.00. The van der Waals surface area contributed by atoms with Gasteiger partial charge in [-0.2, -0.15) is 0 Å². The van der Waals surface area contributed by atoms with Gasteiger partial charge in [0, 0.05) is 31.9 Å². The van der Waals surface area contributed by atoms with Crippen LogP contribution in [0.3, 0.4) is 0 Å². The molecule has 1 aromatic heterocycles. The first-order valence-corrected chi connectivity index (χ1v) is 7.27. The summed E-state index contributed by atoms with van der Waals surface area (Å²) in [6.45, 7) is 6.28. The summed E-state index contributed by atoms with van der Waals surface area (Å²) < 4.78 is 0. The van der Waals surface area contributed by atoms with E-state index in [4.69, 9.17) is 0 Å². The lowest BCUT2D eigenvalue weighted by atomic mass is 10.2. The number of rotatable bonds is 6. The van der Waals surface area contributed by atoms with E-state index in [1.165, 1.54) is 18.4 Å². The van der Waals surface area contributed by atoms with Gasteiger partial charge in [0.05, 0.1) is 0 Å². The monoisotopic (exact) mass is 262 g/mol. The number of hydrogen-bond donors (Lipinski definition) is 1. The van der Waals surface area contributed by atoms with Gasteiger partial charge in [0.1, 0.15) is 5.82 Å². The molecule has 1 unspecified atom stereocenters. The highest BCUT2D eigenvalue weighted by Crippen LogP contribution is 2.24. The van der Waals surface area contributed by atoms with Crippen LogP contribution >= 0.6 is 0 Å². The minimum Gasteiger partial charge on any atom is -0.352 e. The molecule has 4 nitrogen and oxygen atoms in total. The molecule has 0 radical (unpaired) electrons. The van der Waals surface area contributed by atoms with E-state index < -0.39 is 0 Å². The molecule has 2 heterocycles. The standard InChI is InChI=1S/C15H26N4/c1-4-16-10-13-7-8-15(17-11-13)19-9-5-6-14(19)12-18(2)3/h7-8,11,14,16H,4-6,9-10,12H2,1-3H3. The topological polar surface area (TPSA) is 31.4 Å². The third-order valence-corrected chi connectivity index (χ3v) is 3.64. The molecule has 1 aliphatic heterocycles. The summed E-state index contributed by atoms with van der Waals surface area (Å²) in [6, 6.07) is 4.97. The normalized spacial score (nSPS) is 19.4. The van der Waals surface area contributed by atoms with Crippen molar-refractivity contribution in [2.24, 2.45) is 0 Å². The SMILES string of the molecule is CCNCc1ccc(N2CCCC2CN(C)C)nc1. The molecule has 0 spiro atoms. The lowest BCUT2D eigenvalue weighted by Crippen LogP contribution is -2.38. The van der Waals surface area contributed by atoms with Crippen molar-refractivity contribution in [3.05, 3.63) is 23.9 Å². The first-order valence-electron chi connectivity index (χ1n) is 7.27. The van der Waals surface area contributed by atoms with Gasteiger partial charge in [-0.05, 0) is 45.1 Å². The van der Waals surface area contributed by atoms with E-state index >= 15 is 0 Å². The third kappa shape index (κ3) is 3.91. The number of nitrogens with one attached hydrogen (secondary N) is 1. The summed E-state index contributed by atoms with van der Waals surface area (Å²) in [5, 5.41) is 3.33. The van der Waals surface area contributed by atoms with E-state index in [0.717, 1.165) is 32.0 Å². The van der Waals surface area contributed by atoms with Crippen LogP contribution in [0.1, 0.15) is 25.3 Å². The first kappa shape index (κ1) is 14.3. The Morgan fingerprint density at radius 1 is 1.42 bits per heavy atom. The fourth-order valence-corrected chi connectivity index (χ4v) is 2.71. The summed E-state index contributed by atoms with van der Waals surface area (Å²) in [5.74, 6) is 1.13. The molecule has 2 rings (SSSR count). The largest absolute Gasteiger partial charge is 0.352 e. The number of pyridine rings is 1. The van der Waals surface area contributed by atoms with Gasteiger partial charge in [0.15, 0.2) is 0 Å². The molecule has 4 heteroatoms. The van der Waals surface area contributed by atoms with Crippen molar-refractivity contribution in [3.8, 4) is 0 Å². The van der Waals surface area contributed by atoms with Gasteiger partial charge in [-0.3, -0.25) is 0 Å². The second-order valence-corrected chi connectivity index (χ2v) is 5.56. The van der Waals surface area contributed by atoms with Crippen molar-refractivity contribution in [1.29, 1.82) is 0 Å². The molecule has 0 saturated carbocycles. The molecule has 1 aromatic rings. The van der Waals surface area contributed by atoms with Crippen LogP contribution in [0, 0.1) is 0 Å². The molecule has 1 saturated heterocycles. The Morgan fingerprint density at radius 3 is 2.89 bits per heavy atom. The van der Waals surface area contributed by atoms with Gasteiger partial charge in [0.2, 0.25) is 0 Å². The van der Waals surface area contributed by atoms with Crippen LogP contribution in [0.2, 0.25) is 0 Å². The van der Waals surface area contributed by atoms with Gasteiger partial charge in [0.25, 0.3) is 0 Å². The average molecular weight is 262 g/mol. The quantitative estimate of drug-likeness (QED) is 0.846. The average Bonchev–Trinajstić information content (AvgIpc) is 2.84. The zero-order valence-electron chi connectivity index (χ0n) is 12.4. The number of aromatic nitrogens is 1. The summed E-state index contributed by atoms with van der Waals surface area (Å²) in [5.41, 5.74) is 1.26. The molecule has 0 amide bonds. The Bertz CT molecular complexity index is 374. The fraction of sp³-hybridized carbons (Fsp3) is 0.667. The van der Waals surface area contributed by atoms with Crippen molar-refractivity contribution in [2.75, 3.05) is 38.6 Å². The minimum atomic E-state index is 0.613. The number of hydrogen-bond acceptors (Lipinski definition) is 4. The molecule has 19 heavy (non-hydrogen) atoms. The lowest BCUT2D eigenvalue weighted by molar-refractivity contribution is 0.371. The van der Waals surface area contributed by atoms with E-state index in [0.29, 0.717) is 6.04 Å². The number of nitrogens with zero attached hydrogens (tertiary/aromatic N) is 3. The Labute approximate surface area is 116 Å². The van der Waals surface area contributed by atoms with Crippen molar-refractivity contribution in [3.63, 3.8) is 0 Å². The van der Waals surface area contributed by atoms with Crippen LogP contribution in [-0.2, 0) is 6.54 Å². The molecule has 0 bridgehead atoms. The van der Waals surface area contributed by atoms with Crippen molar-refractivity contribution in [2.45, 2.75) is 32.4 Å². The van der Waals surface area contributed by atoms with Crippen molar-refractivity contribution >= 4 is 5.82 Å². The van der Waals surface area contributed by atoms with Crippen LogP contribution in [0.5, 0.6) is 0 Å². The maximum Gasteiger partial charge on any atom is 0.128 e. The van der Waals surface area contributed by atoms with Crippen LogP contribution in [0.4, 0.5) is 5.82 Å². The van der Waals surface area contributed by atoms with Crippen molar-refractivity contribution < 1.29 is 0 Å². The maximum atomic E-state index is 4.64. The van der Waals surface area contributed by atoms with Crippen LogP contribution in [-0.4, -0.2) is 49.7 Å². The van der Waals surface area contributed by atoms with E-state index in [-0.39, 0.29) is 0 Å². The summed E-state index contributed by atoms with van der Waals surface area (Å²) >= 11 is 0. The Kier molecular flexibility index (Phi) is 5.16. The molecule has 0 aromatic carbocycles. The molecule has 1 N–H and O–H groups in total. The van der Waals surface area contributed by atoms with Crippen molar-refractivity contribution in [1.82, 2.24) is 15.2 Å². The van der Waals surface area contributed by atoms with Gasteiger partial charge in [-0.25, -0.2) is 4.98 Å². The zero-order valence-corrected chi connectivity index (χ0v) is 12.4. The number of anilines is 1. The van der Waals surface area contributed by atoms with Gasteiger partial charge in [-0.15, -0.1) is 0 Å². The summed E-state index contributed by atoms with van der Waals surface area (Å²) in [7, 11) is 4.28. The molecular formula is C15H26N4. The summed E-state index contributed by atoms with van der Waals surface area (Å²) in [6.07, 6.45) is 4.56. The fourth-order valence-electron chi connectivity index (χ4n) is 2.71. The zero-order chi connectivity index (χ0) is 13.7. The summed E-state index contributed by atoms with van der Waals surface area (Å²) in [4.78, 5) is 9.36. The lowest BCUT2D eigenvalue weighted by Gasteiger charge is -2.28. The van der Waals surface area contributed by atoms with E-state index in [1.54, 1.807) is 0 Å². The highest BCUT2D eigenvalue weighted by Gasteiger charge is 2.25. The predicted octanol–water partition coefficient (Wildman–Crippen LogP) is 1.72. The highest BCUT2D eigenvalue weighted by molar-refractivity contribution is 5.42. The van der Waals surface area contributed by atoms with E-state index in [1.807, 2.05) is 6.20 Å². The van der Waals surface area contributed by atoms with Crippen LogP contribution in [0.15, 0.2) is 18.3 Å². The second kappa shape index (κ2) is 6.87. The highest BCUT2D eigenvalue weighted by atomic mass is 15.3. The Hall–Kier alpha value is -1.13. The van der Waals surface area contributed by atoms with Crippen LogP contribution in [0.25, 0.3) is 0 Å². The minimum absolute atomic E-state index is 0.613. The predicted molar refractivity (Wildman–Crippen MR) is 80.5 cm³/mol. The molecule has 0 aliphatic carbocycles. The molecule has 1 fully saturated rings. The molecule has 1 aliphatic rings. The number of likely N-dealkylation sites (N-methyl/N-ethyl adjacent to an activating group) is 1. The first-order chi connectivity index (χ1) is 9.20. The second-order valence-electron chi connectivity index (χ2n) is 5.56. The Morgan fingerprint density at radius 2 is 2.26 bits per heavy atom. The van der Waals surface area contributed by atoms with E-state index in [2.05, 4.69) is 53.3 Å². The van der Waals surface area contributed by atoms with E-state index in [9.17, 15) is 0 Å².